The van der Waals surface area contributed by atoms with Gasteiger partial charge in [-0.1, -0.05) is 63.2 Å². The number of thiazole rings is 1. The molecule has 1 saturated heterocycles. The van der Waals surface area contributed by atoms with Gasteiger partial charge >= 0.3 is 0 Å². The zero-order valence-corrected chi connectivity index (χ0v) is 42.7. The molecule has 8 N–H and O–H groups in total. The van der Waals surface area contributed by atoms with Gasteiger partial charge in [0.15, 0.2) is 0 Å². The SMILES string of the molecule is CCS(=O)(=O)Nc1ccc(-c2n[nH]c(Nc3ccc(OCCCCC(=O)N[C@H](C(=O)N4C[C@H](O)C[C@H]4C(=O)NCc4ccc(-c5scnc5C)cc4)C(C)(C)C)cn3)c2C(N)=O)cc1OCc1ccc(F)cc1. The molecule has 0 bridgehead atoms. The first kappa shape index (κ1) is 53.4. The van der Waals surface area contributed by atoms with E-state index in [4.69, 9.17) is 15.2 Å². The van der Waals surface area contributed by atoms with Crippen molar-refractivity contribution in [3.63, 3.8) is 0 Å². The molecular weight excluding hydrogens is 980 g/mol. The van der Waals surface area contributed by atoms with Gasteiger partial charge in [0.25, 0.3) is 5.91 Å². The van der Waals surface area contributed by atoms with Gasteiger partial charge in [-0.2, -0.15) is 5.10 Å². The molecule has 0 radical (unpaired) electrons. The van der Waals surface area contributed by atoms with Crippen LogP contribution in [-0.4, -0.2) is 99.3 Å². The standard InChI is InChI=1S/C51H59FN10O9S2/c1-6-73(68,69)61-38-20-16-34(23-40(38)71-28-32-12-17-35(52)18-13-32)44-43(47(53)65)48(60-59-44)57-41-21-19-37(26-54-41)70-22-8-7-9-42(64)58-46(51(3,4)5)50(67)62-27-36(63)24-39(62)49(66)55-25-31-10-14-33(15-11-31)45-30(2)56-29-72-45/h10-21,23,26,29,36,39,46,61,63H,6-9,22,24-25,27-28H2,1-5H3,(H2,53,65)(H,55,66)(H,58,64)(H2,54,57,59,60)/t36-,39+,46-/m1/s1. The zero-order valence-electron chi connectivity index (χ0n) is 41.0. The number of hydrogen-bond acceptors (Lipinski definition) is 14. The van der Waals surface area contributed by atoms with Crippen LogP contribution in [0.4, 0.5) is 21.7 Å². The molecule has 6 aromatic rings. The number of halogens is 1. The molecule has 386 valence electrons. The summed E-state index contributed by atoms with van der Waals surface area (Å²) in [6, 6.07) is 19.4. The van der Waals surface area contributed by atoms with E-state index in [2.05, 4.69) is 40.8 Å². The fraction of sp³-hybridized carbons (Fsp3) is 0.353. The number of ether oxygens (including phenoxy) is 2. The zero-order chi connectivity index (χ0) is 52.5. The molecule has 1 fully saturated rings. The second-order valence-electron chi connectivity index (χ2n) is 18.6. The van der Waals surface area contributed by atoms with Crippen molar-refractivity contribution in [3.8, 4) is 33.2 Å². The number of unbranched alkanes of at least 4 members (excludes halogenated alkanes) is 1. The van der Waals surface area contributed by atoms with E-state index in [0.29, 0.717) is 35.5 Å². The number of benzene rings is 3. The van der Waals surface area contributed by atoms with E-state index >= 15 is 0 Å². The maximum atomic E-state index is 14.1. The lowest BCUT2D eigenvalue weighted by atomic mass is 9.85. The van der Waals surface area contributed by atoms with Crippen molar-refractivity contribution in [2.24, 2.45) is 11.1 Å². The van der Waals surface area contributed by atoms with Gasteiger partial charge in [0, 0.05) is 31.5 Å². The van der Waals surface area contributed by atoms with Crippen molar-refractivity contribution in [3.05, 3.63) is 119 Å². The number of H-pyrrole nitrogens is 1. The molecule has 3 atom stereocenters. The van der Waals surface area contributed by atoms with Crippen molar-refractivity contribution < 1.29 is 46.6 Å². The first-order chi connectivity index (χ1) is 34.8. The molecule has 73 heavy (non-hydrogen) atoms. The molecule has 3 aromatic carbocycles. The number of aromatic nitrogens is 4. The summed E-state index contributed by atoms with van der Waals surface area (Å²) in [5, 5.41) is 26.5. The van der Waals surface area contributed by atoms with E-state index in [0.717, 1.165) is 21.7 Å². The number of anilines is 3. The molecular formula is C51H59FN10O9S2. The fourth-order valence-electron chi connectivity index (χ4n) is 7.99. The lowest BCUT2D eigenvalue weighted by molar-refractivity contribution is -0.144. The summed E-state index contributed by atoms with van der Waals surface area (Å²) in [5.41, 5.74) is 11.1. The first-order valence-electron chi connectivity index (χ1n) is 23.6. The molecule has 0 spiro atoms. The summed E-state index contributed by atoms with van der Waals surface area (Å²) in [4.78, 5) is 64.8. The number of likely N-dealkylation sites (tertiary alicyclic amines) is 1. The topological polar surface area (TPSA) is 273 Å². The van der Waals surface area contributed by atoms with Crippen molar-refractivity contribution >= 4 is 62.3 Å². The maximum Gasteiger partial charge on any atom is 0.254 e. The molecule has 0 aliphatic carbocycles. The number of nitrogens with zero attached hydrogens (tertiary/aromatic N) is 4. The molecule has 22 heteroatoms. The number of aromatic amines is 1. The third-order valence-electron chi connectivity index (χ3n) is 12.0. The van der Waals surface area contributed by atoms with Crippen LogP contribution in [0.2, 0.25) is 0 Å². The highest BCUT2D eigenvalue weighted by molar-refractivity contribution is 7.92. The minimum atomic E-state index is -3.70. The smallest absolute Gasteiger partial charge is 0.254 e. The van der Waals surface area contributed by atoms with Crippen LogP contribution in [0.5, 0.6) is 11.5 Å². The Hall–Kier alpha value is -7.43. The Kier molecular flexibility index (Phi) is 17.1. The van der Waals surface area contributed by atoms with Crippen LogP contribution in [-0.2, 0) is 37.6 Å². The number of aliphatic hydroxyl groups excluding tert-OH is 1. The number of sulfonamides is 1. The molecule has 7 rings (SSSR count). The van der Waals surface area contributed by atoms with Gasteiger partial charge in [-0.05, 0) is 85.2 Å². The van der Waals surface area contributed by atoms with E-state index in [1.54, 1.807) is 35.0 Å². The van der Waals surface area contributed by atoms with Crippen molar-refractivity contribution in [1.82, 2.24) is 35.7 Å². The van der Waals surface area contributed by atoms with Gasteiger partial charge in [0.05, 0.1) is 46.4 Å². The number of hydrogen-bond donors (Lipinski definition) is 7. The average molecular weight is 1040 g/mol. The number of pyridine rings is 1. The number of rotatable bonds is 22. The van der Waals surface area contributed by atoms with Gasteiger partial charge in [0.2, 0.25) is 27.7 Å². The first-order valence-corrected chi connectivity index (χ1v) is 26.1. The minimum absolute atomic E-state index is 0.00531. The second-order valence-corrected chi connectivity index (χ2v) is 21.4. The van der Waals surface area contributed by atoms with Gasteiger partial charge < -0.3 is 41.2 Å². The number of nitrogens with two attached hydrogens (primary N) is 1. The summed E-state index contributed by atoms with van der Waals surface area (Å²) < 4.78 is 52.8. The third-order valence-corrected chi connectivity index (χ3v) is 14.3. The Morgan fingerprint density at radius 3 is 2.36 bits per heavy atom. The molecule has 0 unspecified atom stereocenters. The predicted molar refractivity (Wildman–Crippen MR) is 275 cm³/mol. The molecule has 1 aliphatic heterocycles. The monoisotopic (exact) mass is 1040 g/mol. The van der Waals surface area contributed by atoms with E-state index < -0.39 is 51.3 Å². The number of carbonyl (C=O) groups is 4. The number of β-amino-alcohol motifs (C(OH)–C–C–N with tert-alkyl or cyclic N) is 1. The van der Waals surface area contributed by atoms with Gasteiger partial charge in [-0.3, -0.25) is 29.0 Å². The van der Waals surface area contributed by atoms with Crippen LogP contribution in [0.3, 0.4) is 0 Å². The van der Waals surface area contributed by atoms with E-state index in [-0.39, 0.29) is 85.2 Å². The number of primary amides is 1. The molecule has 4 amide bonds. The Balaban J connectivity index is 0.895. The Bertz CT molecular complexity index is 3020. The number of nitrogens with one attached hydrogen (secondary N) is 5. The predicted octanol–water partition coefficient (Wildman–Crippen LogP) is 6.58. The highest BCUT2D eigenvalue weighted by atomic mass is 32.2. The normalized spacial score (nSPS) is 15.1. The summed E-state index contributed by atoms with van der Waals surface area (Å²) in [6.45, 7) is 9.38. The summed E-state index contributed by atoms with van der Waals surface area (Å²) >= 11 is 1.56. The van der Waals surface area contributed by atoms with Gasteiger partial charge in [0.1, 0.15) is 58.9 Å². The van der Waals surface area contributed by atoms with Gasteiger partial charge in [-0.15, -0.1) is 11.3 Å². The van der Waals surface area contributed by atoms with E-state index in [1.807, 2.05) is 52.0 Å². The number of amides is 4. The van der Waals surface area contributed by atoms with Crippen LogP contribution >= 0.6 is 11.3 Å². The molecule has 0 saturated carbocycles. The second kappa shape index (κ2) is 23.4. The Labute approximate surface area is 426 Å². The quantitative estimate of drug-likeness (QED) is 0.0355. The van der Waals surface area contributed by atoms with Crippen LogP contribution in [0.15, 0.2) is 90.6 Å². The average Bonchev–Trinajstić information content (AvgIpc) is 4.10. The summed E-state index contributed by atoms with van der Waals surface area (Å²) in [5.74, 6) is -1.58. The Morgan fingerprint density at radius 1 is 0.973 bits per heavy atom. The van der Waals surface area contributed by atoms with Gasteiger partial charge in [-0.25, -0.2) is 22.8 Å². The highest BCUT2D eigenvalue weighted by Gasteiger charge is 2.44. The highest BCUT2D eigenvalue weighted by Crippen LogP contribution is 2.36. The van der Waals surface area contributed by atoms with Crippen LogP contribution in [0.25, 0.3) is 21.7 Å². The van der Waals surface area contributed by atoms with Crippen molar-refractivity contribution in [2.75, 3.05) is 28.9 Å². The third kappa shape index (κ3) is 14.0. The molecule has 4 heterocycles. The maximum absolute atomic E-state index is 14.1. The van der Waals surface area contributed by atoms with E-state index in [1.165, 1.54) is 54.4 Å². The van der Waals surface area contributed by atoms with Crippen molar-refractivity contribution in [1.29, 1.82) is 0 Å². The number of aliphatic hydroxyl groups is 1. The fourth-order valence-corrected chi connectivity index (χ4v) is 9.45. The van der Waals surface area contributed by atoms with Crippen LogP contribution < -0.4 is 35.9 Å². The largest absolute Gasteiger partial charge is 0.492 e. The Morgan fingerprint density at radius 2 is 1.70 bits per heavy atom. The lowest BCUT2D eigenvalue weighted by Crippen LogP contribution is -2.57. The van der Waals surface area contributed by atoms with Crippen LogP contribution in [0.1, 0.15) is 80.6 Å². The lowest BCUT2D eigenvalue weighted by Gasteiger charge is -2.35. The van der Waals surface area contributed by atoms with Crippen molar-refractivity contribution in [2.45, 2.75) is 91.6 Å². The number of aryl methyl sites for hydroxylation is 1. The molecule has 1 aliphatic rings. The minimum Gasteiger partial charge on any atom is -0.492 e. The summed E-state index contributed by atoms with van der Waals surface area (Å²) in [7, 11) is -3.70. The summed E-state index contributed by atoms with van der Waals surface area (Å²) in [6.07, 6.45) is 1.71. The molecule has 19 nitrogen and oxygen atoms in total. The molecule has 3 aromatic heterocycles. The number of carbonyl (C=O) groups excluding carboxylic acids is 4. The van der Waals surface area contributed by atoms with E-state index in [9.17, 15) is 37.1 Å². The van der Waals surface area contributed by atoms with Crippen LogP contribution in [0, 0.1) is 18.2 Å².